The Morgan fingerprint density at radius 1 is 0.878 bits per heavy atom. The average molecular weight is 551 g/mol. The lowest BCUT2D eigenvalue weighted by molar-refractivity contribution is 0.394. The second kappa shape index (κ2) is 11.4. The lowest BCUT2D eigenvalue weighted by Gasteiger charge is -2.29. The molecule has 1 aliphatic heterocycles. The van der Waals surface area contributed by atoms with Gasteiger partial charge in [0, 0.05) is 68.0 Å². The normalized spacial score (nSPS) is 14.8. The van der Waals surface area contributed by atoms with Crippen molar-refractivity contribution in [1.82, 2.24) is 19.7 Å². The third-order valence-corrected chi connectivity index (χ3v) is 7.64. The Balaban J connectivity index is 1.36. The van der Waals surface area contributed by atoms with Crippen LogP contribution in [0.15, 0.2) is 79.3 Å². The first-order chi connectivity index (χ1) is 20.0. The fourth-order valence-electron chi connectivity index (χ4n) is 5.52. The van der Waals surface area contributed by atoms with Gasteiger partial charge in [0.15, 0.2) is 0 Å². The molecule has 2 aromatic heterocycles. The van der Waals surface area contributed by atoms with Gasteiger partial charge in [0.05, 0.1) is 56.1 Å². The van der Waals surface area contributed by atoms with Crippen LogP contribution >= 0.6 is 0 Å². The number of aromatic nitrogens is 4. The molecule has 1 aliphatic rings. The molecule has 9 nitrogen and oxygen atoms in total. The summed E-state index contributed by atoms with van der Waals surface area (Å²) < 4.78 is 18.7. The van der Waals surface area contributed by atoms with Crippen LogP contribution in [0.3, 0.4) is 0 Å². The van der Waals surface area contributed by atoms with Gasteiger partial charge < -0.3 is 24.0 Å². The van der Waals surface area contributed by atoms with Crippen LogP contribution in [-0.2, 0) is 7.05 Å². The number of hydrogen-bond donors (Lipinski definition) is 0. The van der Waals surface area contributed by atoms with Gasteiger partial charge in [0.25, 0.3) is 0 Å². The third-order valence-electron chi connectivity index (χ3n) is 7.64. The highest BCUT2D eigenvalue weighted by Crippen LogP contribution is 2.37. The van der Waals surface area contributed by atoms with Gasteiger partial charge in [0.1, 0.15) is 17.2 Å². The maximum absolute atomic E-state index is 5.65. The molecule has 6 rings (SSSR count). The van der Waals surface area contributed by atoms with Crippen molar-refractivity contribution in [1.29, 1.82) is 0 Å². The minimum absolute atomic E-state index is 0.417. The van der Waals surface area contributed by atoms with Crippen LogP contribution in [-0.4, -0.2) is 60.7 Å². The Morgan fingerprint density at radius 2 is 1.68 bits per heavy atom. The molecule has 3 heterocycles. The molecule has 0 aliphatic carbocycles. The van der Waals surface area contributed by atoms with Gasteiger partial charge in [-0.3, -0.25) is 9.67 Å². The van der Waals surface area contributed by atoms with Gasteiger partial charge in [-0.05, 0) is 42.7 Å². The number of benzene rings is 3. The quantitative estimate of drug-likeness (QED) is 0.231. The van der Waals surface area contributed by atoms with Crippen LogP contribution in [0.25, 0.3) is 22.3 Å². The summed E-state index contributed by atoms with van der Waals surface area (Å²) in [5, 5.41) is 4.29. The number of aryl methyl sites for hydroxylation is 1. The van der Waals surface area contributed by atoms with E-state index in [1.807, 2.05) is 43.7 Å². The fourth-order valence-corrected chi connectivity index (χ4v) is 5.52. The van der Waals surface area contributed by atoms with E-state index in [9.17, 15) is 0 Å². The van der Waals surface area contributed by atoms with Crippen molar-refractivity contribution in [3.63, 3.8) is 0 Å². The third kappa shape index (κ3) is 5.48. The Bertz CT molecular complexity index is 1650. The van der Waals surface area contributed by atoms with Gasteiger partial charge >= 0.3 is 0 Å². The summed E-state index contributed by atoms with van der Waals surface area (Å²) in [6, 6.07) is 20.5. The summed E-state index contributed by atoms with van der Waals surface area (Å²) in [5.41, 5.74) is 6.55. The summed E-state index contributed by atoms with van der Waals surface area (Å²) in [5.74, 6) is 2.80. The number of ether oxygens (including phenoxy) is 3. The maximum Gasteiger partial charge on any atom is 0.142 e. The molecule has 1 unspecified atom stereocenters. The standard InChI is InChI=1S/C32H34N6O3/c1-36-21-23(17-34-36)30-18-33-28-10-9-24(15-29(28)35-30)38(25-13-26(39-2)16-27(14-25)40-3)20-22-11-12-37(19-22)31-7-5-6-8-32(31)41-4/h5-10,13-18,21-22H,11-12,19-20H2,1-4H3. The molecule has 41 heavy (non-hydrogen) atoms. The molecule has 9 heteroatoms. The second-order valence-corrected chi connectivity index (χ2v) is 10.3. The van der Waals surface area contributed by atoms with Gasteiger partial charge in [-0.25, -0.2) is 4.98 Å². The van der Waals surface area contributed by atoms with Gasteiger partial charge in [0.2, 0.25) is 0 Å². The van der Waals surface area contributed by atoms with Crippen molar-refractivity contribution >= 4 is 28.1 Å². The maximum atomic E-state index is 5.65. The van der Waals surface area contributed by atoms with Crippen LogP contribution in [0.5, 0.6) is 17.2 Å². The Morgan fingerprint density at radius 3 is 2.41 bits per heavy atom. The molecule has 1 fully saturated rings. The molecule has 0 amide bonds. The molecule has 0 radical (unpaired) electrons. The number of hydrogen-bond acceptors (Lipinski definition) is 8. The van der Waals surface area contributed by atoms with Crippen molar-refractivity contribution in [2.75, 3.05) is 50.8 Å². The molecule has 3 aromatic carbocycles. The SMILES string of the molecule is COc1cc(OC)cc(N(CC2CCN(c3ccccc3OC)C2)c2ccc3ncc(-c4cnn(C)c4)nc3c2)c1. The highest BCUT2D eigenvalue weighted by Gasteiger charge is 2.27. The molecule has 0 bridgehead atoms. The van der Waals surface area contributed by atoms with E-state index in [1.165, 1.54) is 0 Å². The smallest absolute Gasteiger partial charge is 0.142 e. The average Bonchev–Trinajstić information content (AvgIpc) is 3.68. The number of para-hydroxylation sites is 2. The minimum atomic E-state index is 0.417. The number of methoxy groups -OCH3 is 3. The molecular weight excluding hydrogens is 516 g/mol. The van der Waals surface area contributed by atoms with E-state index >= 15 is 0 Å². The zero-order valence-electron chi connectivity index (χ0n) is 23.8. The fraction of sp³-hybridized carbons (Fsp3) is 0.281. The Hall–Kier alpha value is -4.79. The largest absolute Gasteiger partial charge is 0.497 e. The number of rotatable bonds is 9. The predicted octanol–water partition coefficient (Wildman–Crippen LogP) is 5.72. The topological polar surface area (TPSA) is 77.8 Å². The number of fused-ring (bicyclic) bond motifs is 1. The van der Waals surface area contributed by atoms with Crippen molar-refractivity contribution in [3.05, 3.63) is 79.3 Å². The van der Waals surface area contributed by atoms with Gasteiger partial charge in [-0.2, -0.15) is 5.10 Å². The minimum Gasteiger partial charge on any atom is -0.497 e. The lowest BCUT2D eigenvalue weighted by atomic mass is 10.1. The van der Waals surface area contributed by atoms with Crippen molar-refractivity contribution in [3.8, 4) is 28.5 Å². The molecular formula is C32H34N6O3. The van der Waals surface area contributed by atoms with Gasteiger partial charge in [-0.15, -0.1) is 0 Å². The van der Waals surface area contributed by atoms with E-state index in [0.717, 1.165) is 82.7 Å². The highest BCUT2D eigenvalue weighted by molar-refractivity contribution is 5.82. The molecule has 1 atom stereocenters. The molecule has 0 N–H and O–H groups in total. The van der Waals surface area contributed by atoms with Crippen molar-refractivity contribution in [2.24, 2.45) is 13.0 Å². The predicted molar refractivity (Wildman–Crippen MR) is 162 cm³/mol. The first kappa shape index (κ1) is 26.4. The van der Waals surface area contributed by atoms with E-state index in [-0.39, 0.29) is 0 Å². The first-order valence-corrected chi connectivity index (χ1v) is 13.7. The Labute approximate surface area is 239 Å². The van der Waals surface area contributed by atoms with E-state index in [1.54, 1.807) is 32.2 Å². The summed E-state index contributed by atoms with van der Waals surface area (Å²) >= 11 is 0. The monoisotopic (exact) mass is 550 g/mol. The highest BCUT2D eigenvalue weighted by atomic mass is 16.5. The van der Waals surface area contributed by atoms with Crippen molar-refractivity contribution in [2.45, 2.75) is 6.42 Å². The molecule has 5 aromatic rings. The van der Waals surface area contributed by atoms with Crippen LogP contribution in [0.4, 0.5) is 17.1 Å². The zero-order valence-corrected chi connectivity index (χ0v) is 23.8. The molecule has 0 spiro atoms. The summed E-state index contributed by atoms with van der Waals surface area (Å²) in [6.45, 7) is 2.71. The molecule has 1 saturated heterocycles. The summed E-state index contributed by atoms with van der Waals surface area (Å²) in [6.07, 6.45) is 6.62. The summed E-state index contributed by atoms with van der Waals surface area (Å²) in [7, 11) is 6.98. The zero-order chi connectivity index (χ0) is 28.3. The molecule has 210 valence electrons. The molecule has 0 saturated carbocycles. The van der Waals surface area contributed by atoms with E-state index in [0.29, 0.717) is 5.92 Å². The Kier molecular flexibility index (Phi) is 7.33. The van der Waals surface area contributed by atoms with Crippen LogP contribution < -0.4 is 24.0 Å². The van der Waals surface area contributed by atoms with Crippen LogP contribution in [0, 0.1) is 5.92 Å². The van der Waals surface area contributed by atoms with Crippen molar-refractivity contribution < 1.29 is 14.2 Å². The van der Waals surface area contributed by atoms with E-state index < -0.39 is 0 Å². The van der Waals surface area contributed by atoms with Gasteiger partial charge in [-0.1, -0.05) is 12.1 Å². The first-order valence-electron chi connectivity index (χ1n) is 13.7. The van der Waals surface area contributed by atoms with E-state index in [2.05, 4.69) is 56.3 Å². The van der Waals surface area contributed by atoms with Crippen LogP contribution in [0.2, 0.25) is 0 Å². The van der Waals surface area contributed by atoms with E-state index in [4.69, 9.17) is 19.2 Å². The van der Waals surface area contributed by atoms with Crippen LogP contribution in [0.1, 0.15) is 6.42 Å². The summed E-state index contributed by atoms with van der Waals surface area (Å²) in [4.78, 5) is 14.4. The second-order valence-electron chi connectivity index (χ2n) is 10.3. The number of nitrogens with zero attached hydrogens (tertiary/aromatic N) is 6. The number of anilines is 3. The lowest BCUT2D eigenvalue weighted by Crippen LogP contribution is -2.28.